The molecule has 0 N–H and O–H groups in total. The molecule has 0 aromatic carbocycles. The predicted molar refractivity (Wildman–Crippen MR) is 51.9 cm³/mol. The van der Waals surface area contributed by atoms with E-state index >= 15 is 0 Å². The van der Waals surface area contributed by atoms with E-state index in [1.807, 2.05) is 12.2 Å². The molecule has 0 aliphatic rings. The summed E-state index contributed by atoms with van der Waals surface area (Å²) in [5, 5.41) is 0. The lowest BCUT2D eigenvalue weighted by Gasteiger charge is -2.05. The van der Waals surface area contributed by atoms with Crippen LogP contribution in [-0.2, 0) is 0 Å². The highest BCUT2D eigenvalue weighted by Gasteiger charge is 1.95. The summed E-state index contributed by atoms with van der Waals surface area (Å²) in [7, 11) is 0.0224. The second-order valence-electron chi connectivity index (χ2n) is 2.01. The minimum Gasteiger partial charge on any atom is -0.103 e. The van der Waals surface area contributed by atoms with Crippen molar-refractivity contribution in [2.45, 2.75) is 6.92 Å². The molecule has 0 amide bonds. The van der Waals surface area contributed by atoms with Crippen LogP contribution in [0.5, 0.6) is 0 Å². The fraction of sp³-hybridized carbons (Fsp3) is 0.333. The Bertz CT molecular complexity index is 115. The van der Waals surface area contributed by atoms with E-state index in [1.54, 1.807) is 0 Å². The predicted octanol–water partition coefficient (Wildman–Crippen LogP) is 3.37. The van der Waals surface area contributed by atoms with E-state index in [9.17, 15) is 0 Å². The van der Waals surface area contributed by atoms with Gasteiger partial charge in [-0.3, -0.25) is 0 Å². The molecule has 0 saturated heterocycles. The quantitative estimate of drug-likeness (QED) is 0.420. The lowest BCUT2D eigenvalue weighted by Crippen LogP contribution is -1.79. The molecule has 1 heteroatoms. The third kappa shape index (κ3) is 4.52. The van der Waals surface area contributed by atoms with E-state index in [0.29, 0.717) is 0 Å². The molecule has 0 radical (unpaired) electrons. The molecular weight excluding hydrogens is 139 g/mol. The van der Waals surface area contributed by atoms with Crippen LogP contribution in [0.1, 0.15) is 6.92 Å². The Morgan fingerprint density at radius 3 is 2.00 bits per heavy atom. The van der Waals surface area contributed by atoms with Gasteiger partial charge in [0.2, 0.25) is 0 Å². The largest absolute Gasteiger partial charge is 0.103 e. The summed E-state index contributed by atoms with van der Waals surface area (Å²) in [4.78, 5) is 0. The summed E-state index contributed by atoms with van der Waals surface area (Å²) >= 11 is 0. The zero-order chi connectivity index (χ0) is 7.82. The lowest BCUT2D eigenvalue weighted by molar-refractivity contribution is 1.66. The van der Waals surface area contributed by atoms with Gasteiger partial charge >= 0.3 is 0 Å². The van der Waals surface area contributed by atoms with Crippen molar-refractivity contribution in [3.8, 4) is 0 Å². The first-order valence-electron chi connectivity index (χ1n) is 3.43. The van der Waals surface area contributed by atoms with Gasteiger partial charge in [-0.2, -0.15) is 0 Å². The smallest absolute Gasteiger partial charge is 0.0110 e. The average Bonchev–Trinajstić information content (AvgIpc) is 1.90. The number of hydrogen-bond acceptors (Lipinski definition) is 0. The third-order valence-corrected chi connectivity index (χ3v) is 3.26. The minimum absolute atomic E-state index is 0.0224. The fourth-order valence-electron chi connectivity index (χ4n) is 0.739. The van der Waals surface area contributed by atoms with Crippen molar-refractivity contribution < 1.29 is 0 Å². The van der Waals surface area contributed by atoms with E-state index in [0.717, 1.165) is 12.3 Å². The zero-order valence-corrected chi connectivity index (χ0v) is 7.48. The summed E-state index contributed by atoms with van der Waals surface area (Å²) in [6.45, 7) is 9.48. The van der Waals surface area contributed by atoms with E-state index < -0.39 is 0 Å². The van der Waals surface area contributed by atoms with Crippen molar-refractivity contribution in [2.24, 2.45) is 0 Å². The number of rotatable bonds is 5. The van der Waals surface area contributed by atoms with Gasteiger partial charge in [0.15, 0.2) is 0 Å². The third-order valence-electron chi connectivity index (χ3n) is 1.09. The van der Waals surface area contributed by atoms with E-state index in [4.69, 9.17) is 0 Å². The number of allylic oxidation sites excluding steroid dienone is 3. The first-order chi connectivity index (χ1) is 4.85. The molecule has 0 rings (SSSR count). The Balaban J connectivity index is 3.70. The second-order valence-corrected chi connectivity index (χ2v) is 4.22. The monoisotopic (exact) mass is 154 g/mol. The SMILES string of the molecule is C=CCP(/C=C/C)CC=C. The molecule has 0 atom stereocenters. The molecule has 0 saturated carbocycles. The molecule has 0 aliphatic heterocycles. The normalized spacial score (nSPS) is 10.6. The highest BCUT2D eigenvalue weighted by molar-refractivity contribution is 7.61. The fourth-order valence-corrected chi connectivity index (χ4v) is 2.22. The summed E-state index contributed by atoms with van der Waals surface area (Å²) in [5.74, 6) is 2.26. The minimum atomic E-state index is 0.0224. The van der Waals surface area contributed by atoms with Crippen molar-refractivity contribution in [1.82, 2.24) is 0 Å². The first-order valence-corrected chi connectivity index (χ1v) is 5.22. The van der Waals surface area contributed by atoms with Gasteiger partial charge in [0.05, 0.1) is 0 Å². The Kier molecular flexibility index (Phi) is 6.53. The molecule has 0 aromatic rings. The first kappa shape index (κ1) is 9.65. The van der Waals surface area contributed by atoms with Crippen LogP contribution in [0.15, 0.2) is 37.2 Å². The second kappa shape index (κ2) is 6.77. The molecule has 0 aliphatic carbocycles. The Hall–Kier alpha value is -0.350. The van der Waals surface area contributed by atoms with Crippen molar-refractivity contribution in [1.29, 1.82) is 0 Å². The van der Waals surface area contributed by atoms with E-state index in [-0.39, 0.29) is 7.92 Å². The van der Waals surface area contributed by atoms with Gasteiger partial charge < -0.3 is 0 Å². The molecule has 0 nitrogen and oxygen atoms in total. The zero-order valence-electron chi connectivity index (χ0n) is 6.59. The molecule has 0 fully saturated rings. The lowest BCUT2D eigenvalue weighted by atomic mass is 10.7. The van der Waals surface area contributed by atoms with Crippen LogP contribution in [0, 0.1) is 0 Å². The van der Waals surface area contributed by atoms with Gasteiger partial charge in [-0.15, -0.1) is 13.2 Å². The van der Waals surface area contributed by atoms with Crippen molar-refractivity contribution in [3.05, 3.63) is 37.2 Å². The highest BCUT2D eigenvalue weighted by Crippen LogP contribution is 2.36. The summed E-state index contributed by atoms with van der Waals surface area (Å²) in [5.41, 5.74) is 0. The van der Waals surface area contributed by atoms with Gasteiger partial charge in [0.25, 0.3) is 0 Å². The molecule has 0 unspecified atom stereocenters. The van der Waals surface area contributed by atoms with Gasteiger partial charge in [-0.25, -0.2) is 0 Å². The average molecular weight is 154 g/mol. The summed E-state index contributed by atoms with van der Waals surface area (Å²) in [6.07, 6.45) is 8.31. The van der Waals surface area contributed by atoms with E-state index in [1.165, 1.54) is 0 Å². The van der Waals surface area contributed by atoms with Crippen LogP contribution >= 0.6 is 7.92 Å². The number of hydrogen-bond donors (Lipinski definition) is 0. The Labute approximate surface area is 65.1 Å². The van der Waals surface area contributed by atoms with Crippen LogP contribution in [-0.4, -0.2) is 12.3 Å². The van der Waals surface area contributed by atoms with Crippen molar-refractivity contribution in [2.75, 3.05) is 12.3 Å². The maximum atomic E-state index is 3.71. The van der Waals surface area contributed by atoms with Crippen molar-refractivity contribution >= 4 is 7.92 Å². The van der Waals surface area contributed by atoms with Gasteiger partial charge in [-0.05, 0) is 19.2 Å². The summed E-state index contributed by atoms with van der Waals surface area (Å²) in [6, 6.07) is 0. The maximum absolute atomic E-state index is 3.71. The highest BCUT2D eigenvalue weighted by atomic mass is 31.1. The van der Waals surface area contributed by atoms with Gasteiger partial charge in [0, 0.05) is 0 Å². The van der Waals surface area contributed by atoms with Crippen LogP contribution in [0.2, 0.25) is 0 Å². The van der Waals surface area contributed by atoms with Crippen molar-refractivity contribution in [3.63, 3.8) is 0 Å². The van der Waals surface area contributed by atoms with Crippen LogP contribution < -0.4 is 0 Å². The molecule has 0 aromatic heterocycles. The van der Waals surface area contributed by atoms with Crippen LogP contribution in [0.3, 0.4) is 0 Å². The molecule has 0 bridgehead atoms. The van der Waals surface area contributed by atoms with Gasteiger partial charge in [0.1, 0.15) is 0 Å². The van der Waals surface area contributed by atoms with Crippen LogP contribution in [0.4, 0.5) is 0 Å². The molecule has 56 valence electrons. The van der Waals surface area contributed by atoms with Crippen LogP contribution in [0.25, 0.3) is 0 Å². The maximum Gasteiger partial charge on any atom is -0.0110 e. The molecular formula is C9H15P. The molecule has 10 heavy (non-hydrogen) atoms. The summed E-state index contributed by atoms with van der Waals surface area (Å²) < 4.78 is 0. The molecule has 0 spiro atoms. The molecule has 0 heterocycles. The topological polar surface area (TPSA) is 0 Å². The standard InChI is InChI=1S/C9H15P/c1-4-7-10(8-5-2)9-6-3/h4-6,9H,1-2,7-8H2,3H3/b9-6+. The van der Waals surface area contributed by atoms with E-state index in [2.05, 4.69) is 32.0 Å². The Morgan fingerprint density at radius 2 is 1.70 bits per heavy atom. The van der Waals surface area contributed by atoms with Gasteiger partial charge in [-0.1, -0.05) is 32.0 Å². The Morgan fingerprint density at radius 1 is 1.20 bits per heavy atom.